The first-order valence-corrected chi connectivity index (χ1v) is 5.84. The van der Waals surface area contributed by atoms with E-state index < -0.39 is 11.7 Å². The number of rotatable bonds is 4. The molecule has 2 aromatic rings. The van der Waals surface area contributed by atoms with Crippen molar-refractivity contribution in [3.63, 3.8) is 0 Å². The Bertz CT molecular complexity index is 532. The Balaban J connectivity index is 2.16. The summed E-state index contributed by atoms with van der Waals surface area (Å²) in [6.07, 6.45) is -4.32. The molecule has 0 amide bonds. The summed E-state index contributed by atoms with van der Waals surface area (Å²) in [4.78, 5) is 0. The lowest BCUT2D eigenvalue weighted by Gasteiger charge is -2.06. The fourth-order valence-electron chi connectivity index (χ4n) is 1.61. The van der Waals surface area contributed by atoms with E-state index in [1.54, 1.807) is 6.07 Å². The van der Waals surface area contributed by atoms with Crippen molar-refractivity contribution in [2.24, 2.45) is 0 Å². The molecule has 0 fully saturated rings. The van der Waals surface area contributed by atoms with Crippen molar-refractivity contribution in [3.05, 3.63) is 41.6 Å². The normalized spacial score (nSPS) is 11.8. The third-order valence-electron chi connectivity index (χ3n) is 2.61. The SMILES string of the molecule is CCNCc1cc(-c2ccc(C(F)(F)F)cc2)on1. The second-order valence-corrected chi connectivity index (χ2v) is 4.04. The number of aromatic nitrogens is 1. The molecule has 0 unspecified atom stereocenters. The van der Waals surface area contributed by atoms with E-state index >= 15 is 0 Å². The van der Waals surface area contributed by atoms with Crippen LogP contribution in [0.15, 0.2) is 34.9 Å². The maximum absolute atomic E-state index is 12.4. The topological polar surface area (TPSA) is 38.1 Å². The Kier molecular flexibility index (Phi) is 3.90. The lowest BCUT2D eigenvalue weighted by molar-refractivity contribution is -0.137. The van der Waals surface area contributed by atoms with Crippen LogP contribution in [0.5, 0.6) is 0 Å². The smallest absolute Gasteiger partial charge is 0.356 e. The van der Waals surface area contributed by atoms with Crippen molar-refractivity contribution in [1.82, 2.24) is 10.5 Å². The fraction of sp³-hybridized carbons (Fsp3) is 0.308. The molecule has 0 radical (unpaired) electrons. The zero-order chi connectivity index (χ0) is 13.9. The number of halogens is 3. The van der Waals surface area contributed by atoms with Gasteiger partial charge in [0.05, 0.1) is 11.3 Å². The van der Waals surface area contributed by atoms with Crippen molar-refractivity contribution >= 4 is 0 Å². The van der Waals surface area contributed by atoms with E-state index in [1.165, 1.54) is 12.1 Å². The van der Waals surface area contributed by atoms with Gasteiger partial charge in [-0.05, 0) is 18.7 Å². The fourth-order valence-corrected chi connectivity index (χ4v) is 1.61. The van der Waals surface area contributed by atoms with Crippen LogP contribution >= 0.6 is 0 Å². The molecule has 0 spiro atoms. The van der Waals surface area contributed by atoms with Gasteiger partial charge in [0.1, 0.15) is 0 Å². The van der Waals surface area contributed by atoms with Gasteiger partial charge in [0.15, 0.2) is 5.76 Å². The van der Waals surface area contributed by atoms with E-state index in [0.717, 1.165) is 24.4 Å². The van der Waals surface area contributed by atoms with Gasteiger partial charge in [0.2, 0.25) is 0 Å². The second kappa shape index (κ2) is 5.44. The summed E-state index contributed by atoms with van der Waals surface area (Å²) in [6, 6.07) is 6.52. The average molecular weight is 270 g/mol. The summed E-state index contributed by atoms with van der Waals surface area (Å²) in [6.45, 7) is 3.35. The molecular weight excluding hydrogens is 257 g/mol. The Morgan fingerprint density at radius 1 is 1.21 bits per heavy atom. The quantitative estimate of drug-likeness (QED) is 0.924. The summed E-state index contributed by atoms with van der Waals surface area (Å²) >= 11 is 0. The molecule has 0 aliphatic rings. The second-order valence-electron chi connectivity index (χ2n) is 4.04. The molecule has 0 saturated heterocycles. The van der Waals surface area contributed by atoms with Crippen LogP contribution in [-0.2, 0) is 12.7 Å². The van der Waals surface area contributed by atoms with Gasteiger partial charge in [0, 0.05) is 18.2 Å². The van der Waals surface area contributed by atoms with Gasteiger partial charge in [-0.15, -0.1) is 0 Å². The van der Waals surface area contributed by atoms with Gasteiger partial charge in [-0.1, -0.05) is 24.2 Å². The Morgan fingerprint density at radius 2 is 1.89 bits per heavy atom. The highest BCUT2D eigenvalue weighted by Gasteiger charge is 2.30. The largest absolute Gasteiger partial charge is 0.416 e. The van der Waals surface area contributed by atoms with Crippen LogP contribution in [0.3, 0.4) is 0 Å². The predicted octanol–water partition coefficient (Wildman–Crippen LogP) is 3.47. The minimum Gasteiger partial charge on any atom is -0.356 e. The van der Waals surface area contributed by atoms with Crippen LogP contribution in [-0.4, -0.2) is 11.7 Å². The third kappa shape index (κ3) is 3.35. The Labute approximate surface area is 108 Å². The number of hydrogen-bond acceptors (Lipinski definition) is 3. The van der Waals surface area contributed by atoms with E-state index in [1.807, 2.05) is 6.92 Å². The Morgan fingerprint density at radius 3 is 2.47 bits per heavy atom. The molecule has 1 aromatic carbocycles. The van der Waals surface area contributed by atoms with Crippen LogP contribution in [0.2, 0.25) is 0 Å². The monoisotopic (exact) mass is 270 g/mol. The number of hydrogen-bond donors (Lipinski definition) is 1. The summed E-state index contributed by atoms with van der Waals surface area (Å²) in [5, 5.41) is 6.93. The van der Waals surface area contributed by atoms with Crippen LogP contribution in [0.1, 0.15) is 18.2 Å². The molecule has 3 nitrogen and oxygen atoms in total. The van der Waals surface area contributed by atoms with Crippen molar-refractivity contribution in [3.8, 4) is 11.3 Å². The highest BCUT2D eigenvalue weighted by Crippen LogP contribution is 2.31. The highest BCUT2D eigenvalue weighted by atomic mass is 19.4. The first kappa shape index (κ1) is 13.6. The molecule has 2 rings (SSSR count). The molecule has 1 heterocycles. The molecule has 6 heteroatoms. The molecule has 0 atom stereocenters. The summed E-state index contributed by atoms with van der Waals surface area (Å²) in [5.41, 5.74) is 0.614. The summed E-state index contributed by atoms with van der Waals surface area (Å²) in [7, 11) is 0. The zero-order valence-corrected chi connectivity index (χ0v) is 10.3. The first-order valence-electron chi connectivity index (χ1n) is 5.84. The minimum atomic E-state index is -4.32. The standard InChI is InChI=1S/C13H13F3N2O/c1-2-17-8-11-7-12(19-18-11)9-3-5-10(6-4-9)13(14,15)16/h3-7,17H,2,8H2,1H3. The maximum Gasteiger partial charge on any atom is 0.416 e. The van der Waals surface area contributed by atoms with Gasteiger partial charge >= 0.3 is 6.18 Å². The van der Waals surface area contributed by atoms with Gasteiger partial charge in [-0.2, -0.15) is 13.2 Å². The molecule has 0 bridgehead atoms. The van der Waals surface area contributed by atoms with Gasteiger partial charge in [-0.25, -0.2) is 0 Å². The van der Waals surface area contributed by atoms with Gasteiger partial charge < -0.3 is 9.84 Å². The summed E-state index contributed by atoms with van der Waals surface area (Å²) in [5.74, 6) is 0.460. The average Bonchev–Trinajstić information content (AvgIpc) is 2.84. The van der Waals surface area contributed by atoms with Crippen LogP contribution in [0.25, 0.3) is 11.3 Å². The summed E-state index contributed by atoms with van der Waals surface area (Å²) < 4.78 is 42.4. The van der Waals surface area contributed by atoms with Crippen LogP contribution in [0.4, 0.5) is 13.2 Å². The minimum absolute atomic E-state index is 0.460. The molecule has 19 heavy (non-hydrogen) atoms. The van der Waals surface area contributed by atoms with Crippen LogP contribution in [0, 0.1) is 0 Å². The molecular formula is C13H13F3N2O. The number of benzene rings is 1. The van der Waals surface area contributed by atoms with Crippen molar-refractivity contribution < 1.29 is 17.7 Å². The van der Waals surface area contributed by atoms with Crippen LogP contribution < -0.4 is 5.32 Å². The van der Waals surface area contributed by atoms with E-state index in [9.17, 15) is 13.2 Å². The molecule has 0 aliphatic carbocycles. The molecule has 1 N–H and O–H groups in total. The number of nitrogens with zero attached hydrogens (tertiary/aromatic N) is 1. The number of alkyl halides is 3. The molecule has 102 valence electrons. The number of nitrogens with one attached hydrogen (secondary N) is 1. The van der Waals surface area contributed by atoms with Gasteiger partial charge in [0.25, 0.3) is 0 Å². The van der Waals surface area contributed by atoms with E-state index in [-0.39, 0.29) is 0 Å². The van der Waals surface area contributed by atoms with Crippen molar-refractivity contribution in [2.45, 2.75) is 19.6 Å². The van der Waals surface area contributed by atoms with Gasteiger partial charge in [-0.3, -0.25) is 0 Å². The van der Waals surface area contributed by atoms with E-state index in [4.69, 9.17) is 4.52 Å². The first-order chi connectivity index (χ1) is 9.00. The molecule has 0 aliphatic heterocycles. The zero-order valence-electron chi connectivity index (χ0n) is 10.3. The lowest BCUT2D eigenvalue weighted by atomic mass is 10.1. The molecule has 1 aromatic heterocycles. The van der Waals surface area contributed by atoms with E-state index in [2.05, 4.69) is 10.5 Å². The highest BCUT2D eigenvalue weighted by molar-refractivity contribution is 5.57. The van der Waals surface area contributed by atoms with Crippen molar-refractivity contribution in [2.75, 3.05) is 6.54 Å². The maximum atomic E-state index is 12.4. The predicted molar refractivity (Wildman–Crippen MR) is 64.3 cm³/mol. The lowest BCUT2D eigenvalue weighted by Crippen LogP contribution is -2.11. The molecule has 0 saturated carbocycles. The van der Waals surface area contributed by atoms with Crippen molar-refractivity contribution in [1.29, 1.82) is 0 Å². The Hall–Kier alpha value is -1.82. The third-order valence-corrected chi connectivity index (χ3v) is 2.61. The van der Waals surface area contributed by atoms with E-state index in [0.29, 0.717) is 17.9 Å².